The minimum atomic E-state index is -0.0831. The third kappa shape index (κ3) is 2.29. The van der Waals surface area contributed by atoms with Gasteiger partial charge in [-0.15, -0.1) is 0 Å². The first-order chi connectivity index (χ1) is 10.6. The van der Waals surface area contributed by atoms with E-state index >= 15 is 0 Å². The van der Waals surface area contributed by atoms with Crippen LogP contribution in [0.25, 0.3) is 22.2 Å². The molecular weight excluding hydrogens is 430 g/mol. The lowest BCUT2D eigenvalue weighted by molar-refractivity contribution is 1.15. The largest absolute Gasteiger partial charge is 0.276 e. The first kappa shape index (κ1) is 14.0. The maximum atomic E-state index is 12.6. The average Bonchev–Trinajstić information content (AvgIpc) is 2.98. The number of aromatic nitrogens is 3. The fraction of sp³-hybridized carbons (Fsp3) is 0. The summed E-state index contributed by atoms with van der Waals surface area (Å²) >= 11 is 8.14. The number of imidazole rings is 1. The van der Waals surface area contributed by atoms with Gasteiger partial charge in [0.1, 0.15) is 5.52 Å². The van der Waals surface area contributed by atoms with E-state index in [4.69, 9.17) is 0 Å². The van der Waals surface area contributed by atoms with Crippen molar-refractivity contribution < 1.29 is 0 Å². The Morgan fingerprint density at radius 1 is 1.14 bits per heavy atom. The zero-order valence-corrected chi connectivity index (χ0v) is 14.9. The van der Waals surface area contributed by atoms with E-state index in [1.54, 1.807) is 10.6 Å². The summed E-state index contributed by atoms with van der Waals surface area (Å²) < 4.78 is 4.07. The summed E-state index contributed by atoms with van der Waals surface area (Å²) in [7, 11) is 0. The Morgan fingerprint density at radius 3 is 2.68 bits per heavy atom. The van der Waals surface area contributed by atoms with Gasteiger partial charge in [0.25, 0.3) is 5.56 Å². The molecule has 0 saturated heterocycles. The molecule has 0 saturated carbocycles. The molecule has 0 fully saturated rings. The molecule has 3 aromatic heterocycles. The van der Waals surface area contributed by atoms with Crippen molar-refractivity contribution in [1.29, 1.82) is 0 Å². The van der Waals surface area contributed by atoms with Gasteiger partial charge in [-0.2, -0.15) is 0 Å². The highest BCUT2D eigenvalue weighted by molar-refractivity contribution is 9.10. The number of hydrogen-bond donors (Lipinski definition) is 0. The lowest BCUT2D eigenvalue weighted by Crippen LogP contribution is -2.22. The normalized spacial score (nSPS) is 12.5. The van der Waals surface area contributed by atoms with Gasteiger partial charge in [-0.25, -0.2) is 14.4 Å². The van der Waals surface area contributed by atoms with Crippen molar-refractivity contribution in [1.82, 2.24) is 14.4 Å². The third-order valence-corrected chi connectivity index (χ3v) is 5.15. The van der Waals surface area contributed by atoms with Gasteiger partial charge in [0.15, 0.2) is 10.6 Å². The fourth-order valence-electron chi connectivity index (χ4n) is 2.22. The molecule has 7 heteroatoms. The van der Waals surface area contributed by atoms with E-state index in [2.05, 4.69) is 41.8 Å². The summed E-state index contributed by atoms with van der Waals surface area (Å²) in [5.41, 5.74) is 2.20. The van der Waals surface area contributed by atoms with Crippen molar-refractivity contribution in [2.24, 2.45) is 0 Å². The van der Waals surface area contributed by atoms with E-state index in [0.717, 1.165) is 14.5 Å². The molecule has 0 aliphatic heterocycles. The van der Waals surface area contributed by atoms with Gasteiger partial charge in [-0.05, 0) is 45.8 Å². The van der Waals surface area contributed by atoms with Crippen LogP contribution in [0.4, 0.5) is 0 Å². The lowest BCUT2D eigenvalue weighted by Gasteiger charge is -1.92. The topological polar surface area (TPSA) is 47.3 Å². The van der Waals surface area contributed by atoms with Gasteiger partial charge in [0, 0.05) is 15.1 Å². The summed E-state index contributed by atoms with van der Waals surface area (Å²) in [5, 5.41) is 0. The van der Waals surface area contributed by atoms with E-state index in [0.29, 0.717) is 20.7 Å². The predicted molar refractivity (Wildman–Crippen MR) is 95.3 cm³/mol. The Morgan fingerprint density at radius 2 is 1.91 bits per heavy atom. The monoisotopic (exact) mass is 435 g/mol. The smallest absolute Gasteiger partial charge is 0.267 e. The number of hydrogen-bond acceptors (Lipinski definition) is 4. The van der Waals surface area contributed by atoms with E-state index in [1.165, 1.54) is 11.3 Å². The number of fused-ring (bicyclic) bond motifs is 3. The molecule has 3 heterocycles. The Labute approximate surface area is 145 Å². The molecule has 4 nitrogen and oxygen atoms in total. The van der Waals surface area contributed by atoms with Gasteiger partial charge in [-0.1, -0.05) is 39.4 Å². The zero-order valence-electron chi connectivity index (χ0n) is 11.0. The number of pyridine rings is 1. The van der Waals surface area contributed by atoms with Crippen LogP contribution in [0.2, 0.25) is 0 Å². The summed E-state index contributed by atoms with van der Waals surface area (Å²) in [6.45, 7) is 0. The van der Waals surface area contributed by atoms with Gasteiger partial charge in [-0.3, -0.25) is 4.79 Å². The molecule has 0 N–H and O–H groups in total. The van der Waals surface area contributed by atoms with Crippen LogP contribution in [-0.4, -0.2) is 14.4 Å². The second kappa shape index (κ2) is 5.26. The Hall–Kier alpha value is -1.57. The highest BCUT2D eigenvalue weighted by Gasteiger charge is 2.12. The molecule has 0 aliphatic carbocycles. The molecule has 0 radical (unpaired) electrons. The molecule has 22 heavy (non-hydrogen) atoms. The van der Waals surface area contributed by atoms with Crippen LogP contribution in [0.1, 0.15) is 5.56 Å². The minimum absolute atomic E-state index is 0.0831. The second-order valence-electron chi connectivity index (χ2n) is 4.69. The Bertz CT molecular complexity index is 1120. The number of thiazole rings is 1. The van der Waals surface area contributed by atoms with Crippen LogP contribution in [0.15, 0.2) is 50.3 Å². The SMILES string of the molecule is O=c1/c(=C/c2ccc(Br)cc2)sc2nc3cc(Br)cnc3n12. The van der Waals surface area contributed by atoms with Crippen LogP contribution in [0.3, 0.4) is 0 Å². The van der Waals surface area contributed by atoms with Crippen molar-refractivity contribution in [3.8, 4) is 0 Å². The lowest BCUT2D eigenvalue weighted by atomic mass is 10.2. The first-order valence-electron chi connectivity index (χ1n) is 6.35. The molecule has 108 valence electrons. The van der Waals surface area contributed by atoms with Crippen molar-refractivity contribution in [3.05, 3.63) is 65.9 Å². The van der Waals surface area contributed by atoms with E-state index in [-0.39, 0.29) is 5.56 Å². The van der Waals surface area contributed by atoms with Gasteiger partial charge in [0.2, 0.25) is 0 Å². The molecule has 4 aromatic rings. The number of rotatable bonds is 1. The summed E-state index contributed by atoms with van der Waals surface area (Å²) in [4.78, 5) is 22.0. The molecule has 1 aromatic carbocycles. The van der Waals surface area contributed by atoms with Gasteiger partial charge < -0.3 is 0 Å². The van der Waals surface area contributed by atoms with Crippen LogP contribution in [-0.2, 0) is 0 Å². The van der Waals surface area contributed by atoms with Crippen LogP contribution < -0.4 is 10.1 Å². The molecule has 0 bridgehead atoms. The average molecular weight is 437 g/mol. The summed E-state index contributed by atoms with van der Waals surface area (Å²) in [5.74, 6) is 0. The predicted octanol–water partition coefficient (Wildman–Crippen LogP) is 3.38. The van der Waals surface area contributed by atoms with Crippen LogP contribution in [0.5, 0.6) is 0 Å². The molecule has 0 amide bonds. The third-order valence-electron chi connectivity index (χ3n) is 3.22. The van der Waals surface area contributed by atoms with E-state index in [1.807, 2.05) is 36.4 Å². The summed E-state index contributed by atoms with van der Waals surface area (Å²) in [6.07, 6.45) is 3.55. The van der Waals surface area contributed by atoms with Crippen molar-refractivity contribution in [3.63, 3.8) is 0 Å². The standard InChI is InChI=1S/C15H7Br2N3OS/c16-9-3-1-8(2-4-9)5-12-14(21)20-13-11(19-15(20)22-12)6-10(17)7-18-13/h1-7H/b12-5-. The fourth-order valence-corrected chi connectivity index (χ4v) is 3.78. The Balaban J connectivity index is 1.98. The maximum Gasteiger partial charge on any atom is 0.276 e. The molecule has 0 atom stereocenters. The Kier molecular flexibility index (Phi) is 3.36. The quantitative estimate of drug-likeness (QED) is 0.459. The second-order valence-corrected chi connectivity index (χ2v) is 7.53. The van der Waals surface area contributed by atoms with Crippen molar-refractivity contribution >= 4 is 65.4 Å². The summed E-state index contributed by atoms with van der Waals surface area (Å²) in [6, 6.07) is 9.67. The van der Waals surface area contributed by atoms with Crippen LogP contribution >= 0.6 is 43.2 Å². The molecular formula is C15H7Br2N3OS. The van der Waals surface area contributed by atoms with Crippen molar-refractivity contribution in [2.75, 3.05) is 0 Å². The highest BCUT2D eigenvalue weighted by atomic mass is 79.9. The van der Waals surface area contributed by atoms with Gasteiger partial charge in [0.05, 0.1) is 4.53 Å². The van der Waals surface area contributed by atoms with Crippen LogP contribution in [0, 0.1) is 0 Å². The number of benzene rings is 1. The molecule has 4 rings (SSSR count). The van der Waals surface area contributed by atoms with E-state index < -0.39 is 0 Å². The van der Waals surface area contributed by atoms with Gasteiger partial charge >= 0.3 is 0 Å². The van der Waals surface area contributed by atoms with E-state index in [9.17, 15) is 4.79 Å². The number of halogens is 2. The maximum absolute atomic E-state index is 12.6. The minimum Gasteiger partial charge on any atom is -0.267 e. The number of nitrogens with zero attached hydrogens (tertiary/aromatic N) is 3. The molecule has 0 unspecified atom stereocenters. The highest BCUT2D eigenvalue weighted by Crippen LogP contribution is 2.18. The molecule has 0 aliphatic rings. The molecule has 0 spiro atoms. The zero-order chi connectivity index (χ0) is 15.3. The first-order valence-corrected chi connectivity index (χ1v) is 8.76. The van der Waals surface area contributed by atoms with Crippen molar-refractivity contribution in [2.45, 2.75) is 0 Å².